The fourth-order valence-corrected chi connectivity index (χ4v) is 2.24. The molecule has 0 aromatic rings. The standard InChI is InChI=1S/C12H24N2O2/c1-16-8-4-7-14-12(15)9-10-5-2-3-6-11(10)13/h10-11H,2-9,13H2,1H3,(H,14,15). The van der Waals surface area contributed by atoms with Crippen molar-refractivity contribution in [2.75, 3.05) is 20.3 Å². The molecule has 0 aliphatic heterocycles. The Morgan fingerprint density at radius 1 is 1.44 bits per heavy atom. The highest BCUT2D eigenvalue weighted by Gasteiger charge is 2.23. The summed E-state index contributed by atoms with van der Waals surface area (Å²) in [7, 11) is 1.67. The fraction of sp³-hybridized carbons (Fsp3) is 0.917. The van der Waals surface area contributed by atoms with E-state index in [1.807, 2.05) is 0 Å². The van der Waals surface area contributed by atoms with Crippen LogP contribution in [0.5, 0.6) is 0 Å². The first-order valence-electron chi connectivity index (χ1n) is 6.25. The van der Waals surface area contributed by atoms with Crippen molar-refractivity contribution in [3.63, 3.8) is 0 Å². The molecule has 0 aromatic carbocycles. The zero-order chi connectivity index (χ0) is 11.8. The number of carbonyl (C=O) groups excluding carboxylic acids is 1. The molecule has 0 bridgehead atoms. The van der Waals surface area contributed by atoms with E-state index in [2.05, 4.69) is 5.32 Å². The smallest absolute Gasteiger partial charge is 0.220 e. The van der Waals surface area contributed by atoms with Crippen molar-refractivity contribution >= 4 is 5.91 Å². The van der Waals surface area contributed by atoms with E-state index in [9.17, 15) is 4.79 Å². The lowest BCUT2D eigenvalue weighted by Crippen LogP contribution is -2.37. The Kier molecular flexibility index (Phi) is 6.42. The number of ether oxygens (including phenoxy) is 1. The Labute approximate surface area is 97.9 Å². The van der Waals surface area contributed by atoms with Gasteiger partial charge in [-0.2, -0.15) is 0 Å². The van der Waals surface area contributed by atoms with Crippen molar-refractivity contribution in [3.8, 4) is 0 Å². The second-order valence-electron chi connectivity index (χ2n) is 4.61. The zero-order valence-electron chi connectivity index (χ0n) is 10.2. The number of hydrogen-bond acceptors (Lipinski definition) is 3. The first kappa shape index (κ1) is 13.5. The number of methoxy groups -OCH3 is 1. The van der Waals surface area contributed by atoms with Crippen LogP contribution >= 0.6 is 0 Å². The van der Waals surface area contributed by atoms with E-state index in [-0.39, 0.29) is 11.9 Å². The quantitative estimate of drug-likeness (QED) is 0.668. The van der Waals surface area contributed by atoms with Crippen LogP contribution in [-0.4, -0.2) is 32.2 Å². The minimum absolute atomic E-state index is 0.137. The topological polar surface area (TPSA) is 64.3 Å². The predicted octanol–water partition coefficient (Wildman–Crippen LogP) is 1.05. The van der Waals surface area contributed by atoms with Gasteiger partial charge in [0.15, 0.2) is 0 Å². The highest BCUT2D eigenvalue weighted by atomic mass is 16.5. The average Bonchev–Trinajstić information content (AvgIpc) is 2.28. The van der Waals surface area contributed by atoms with Gasteiger partial charge in [0.1, 0.15) is 0 Å². The van der Waals surface area contributed by atoms with E-state index in [0.717, 1.165) is 19.3 Å². The Hall–Kier alpha value is -0.610. The summed E-state index contributed by atoms with van der Waals surface area (Å²) in [5.74, 6) is 0.523. The van der Waals surface area contributed by atoms with Gasteiger partial charge in [0, 0.05) is 32.7 Å². The van der Waals surface area contributed by atoms with Gasteiger partial charge in [0.25, 0.3) is 0 Å². The third-order valence-electron chi connectivity index (χ3n) is 3.26. The van der Waals surface area contributed by atoms with Crippen molar-refractivity contribution in [1.29, 1.82) is 0 Å². The Balaban J connectivity index is 2.12. The molecule has 1 aliphatic rings. The molecule has 3 N–H and O–H groups in total. The third kappa shape index (κ3) is 4.94. The van der Waals surface area contributed by atoms with Gasteiger partial charge in [-0.05, 0) is 25.2 Å². The summed E-state index contributed by atoms with van der Waals surface area (Å²) in [5, 5.41) is 2.91. The Morgan fingerprint density at radius 3 is 2.88 bits per heavy atom. The Bertz CT molecular complexity index is 209. The van der Waals surface area contributed by atoms with Gasteiger partial charge in [0.05, 0.1) is 0 Å². The van der Waals surface area contributed by atoms with E-state index in [1.54, 1.807) is 7.11 Å². The van der Waals surface area contributed by atoms with Gasteiger partial charge in [-0.1, -0.05) is 12.8 Å². The van der Waals surface area contributed by atoms with Gasteiger partial charge >= 0.3 is 0 Å². The normalized spacial score (nSPS) is 25.4. The van der Waals surface area contributed by atoms with E-state index < -0.39 is 0 Å². The summed E-state index contributed by atoms with van der Waals surface area (Å²) in [6, 6.07) is 0.221. The summed E-state index contributed by atoms with van der Waals surface area (Å²) in [6.45, 7) is 1.40. The molecule has 2 unspecified atom stereocenters. The molecule has 94 valence electrons. The van der Waals surface area contributed by atoms with Crippen LogP contribution in [0.25, 0.3) is 0 Å². The summed E-state index contributed by atoms with van der Waals surface area (Å²) in [4.78, 5) is 11.6. The van der Waals surface area contributed by atoms with Crippen molar-refractivity contribution in [3.05, 3.63) is 0 Å². The average molecular weight is 228 g/mol. The molecule has 0 radical (unpaired) electrons. The molecule has 0 heterocycles. The minimum Gasteiger partial charge on any atom is -0.385 e. The first-order chi connectivity index (χ1) is 7.74. The molecule has 1 amide bonds. The van der Waals surface area contributed by atoms with Crippen LogP contribution in [0.3, 0.4) is 0 Å². The number of nitrogens with two attached hydrogens (primary N) is 1. The van der Waals surface area contributed by atoms with Crippen molar-refractivity contribution in [1.82, 2.24) is 5.32 Å². The van der Waals surface area contributed by atoms with E-state index in [1.165, 1.54) is 12.8 Å². The van der Waals surface area contributed by atoms with E-state index in [4.69, 9.17) is 10.5 Å². The molecule has 16 heavy (non-hydrogen) atoms. The first-order valence-corrected chi connectivity index (χ1v) is 6.25. The molecule has 0 saturated heterocycles. The van der Waals surface area contributed by atoms with Crippen LogP contribution < -0.4 is 11.1 Å². The van der Waals surface area contributed by atoms with Crippen LogP contribution in [-0.2, 0) is 9.53 Å². The maximum absolute atomic E-state index is 11.6. The van der Waals surface area contributed by atoms with Crippen LogP contribution in [0.2, 0.25) is 0 Å². The molecule has 0 aromatic heterocycles. The lowest BCUT2D eigenvalue weighted by atomic mass is 9.83. The number of hydrogen-bond donors (Lipinski definition) is 2. The van der Waals surface area contributed by atoms with E-state index >= 15 is 0 Å². The van der Waals surface area contributed by atoms with Crippen LogP contribution in [0.4, 0.5) is 0 Å². The molecule has 4 heteroatoms. The van der Waals surface area contributed by atoms with Gasteiger partial charge in [-0.25, -0.2) is 0 Å². The molecule has 1 aliphatic carbocycles. The molecule has 1 saturated carbocycles. The van der Waals surface area contributed by atoms with Gasteiger partial charge in [0.2, 0.25) is 5.91 Å². The maximum atomic E-state index is 11.6. The summed E-state index contributed by atoms with van der Waals surface area (Å²) in [6.07, 6.45) is 6.07. The Morgan fingerprint density at radius 2 is 2.19 bits per heavy atom. The molecule has 1 fully saturated rings. The predicted molar refractivity (Wildman–Crippen MR) is 64.1 cm³/mol. The number of nitrogens with one attached hydrogen (secondary N) is 1. The van der Waals surface area contributed by atoms with Crippen LogP contribution in [0.1, 0.15) is 38.5 Å². The number of carbonyl (C=O) groups is 1. The lowest BCUT2D eigenvalue weighted by Gasteiger charge is -2.27. The fourth-order valence-electron chi connectivity index (χ4n) is 2.24. The summed E-state index contributed by atoms with van der Waals surface area (Å²) >= 11 is 0. The molecule has 1 rings (SSSR count). The second kappa shape index (κ2) is 7.63. The highest BCUT2D eigenvalue weighted by Crippen LogP contribution is 2.25. The monoisotopic (exact) mass is 228 g/mol. The van der Waals surface area contributed by atoms with Gasteiger partial charge in [-0.15, -0.1) is 0 Å². The molecular weight excluding hydrogens is 204 g/mol. The van der Waals surface area contributed by atoms with Crippen LogP contribution in [0.15, 0.2) is 0 Å². The summed E-state index contributed by atoms with van der Waals surface area (Å²) < 4.78 is 4.92. The van der Waals surface area contributed by atoms with Crippen LogP contribution in [0, 0.1) is 5.92 Å². The molecule has 4 nitrogen and oxygen atoms in total. The lowest BCUT2D eigenvalue weighted by molar-refractivity contribution is -0.122. The van der Waals surface area contributed by atoms with Gasteiger partial charge in [-0.3, -0.25) is 4.79 Å². The third-order valence-corrected chi connectivity index (χ3v) is 3.26. The molecular formula is C12H24N2O2. The number of amides is 1. The maximum Gasteiger partial charge on any atom is 0.220 e. The second-order valence-corrected chi connectivity index (χ2v) is 4.61. The SMILES string of the molecule is COCCCNC(=O)CC1CCCCC1N. The molecule has 2 atom stereocenters. The van der Waals surface area contributed by atoms with Gasteiger partial charge < -0.3 is 15.8 Å². The van der Waals surface area contributed by atoms with E-state index in [0.29, 0.717) is 25.5 Å². The molecule has 0 spiro atoms. The minimum atomic E-state index is 0.137. The largest absolute Gasteiger partial charge is 0.385 e. The summed E-state index contributed by atoms with van der Waals surface area (Å²) in [5.41, 5.74) is 6.00. The highest BCUT2D eigenvalue weighted by molar-refractivity contribution is 5.76. The van der Waals surface area contributed by atoms with Crippen molar-refractivity contribution in [2.24, 2.45) is 11.7 Å². The zero-order valence-corrected chi connectivity index (χ0v) is 10.2. The number of rotatable bonds is 6. The van der Waals surface area contributed by atoms with Crippen molar-refractivity contribution in [2.45, 2.75) is 44.6 Å². The van der Waals surface area contributed by atoms with Crippen molar-refractivity contribution < 1.29 is 9.53 Å².